The summed E-state index contributed by atoms with van der Waals surface area (Å²) >= 11 is 0. The Labute approximate surface area is 191 Å². The van der Waals surface area contributed by atoms with Crippen molar-refractivity contribution in [1.29, 1.82) is 0 Å². The summed E-state index contributed by atoms with van der Waals surface area (Å²) < 4.78 is 35.2. The van der Waals surface area contributed by atoms with E-state index in [1.165, 1.54) is 21.1 Å². The first-order chi connectivity index (χ1) is 15.8. The Morgan fingerprint density at radius 3 is 2.61 bits per heavy atom. The normalized spacial score (nSPS) is 19.8. The second kappa shape index (κ2) is 7.79. The monoisotopic (exact) mass is 467 g/mol. The van der Waals surface area contributed by atoms with E-state index in [1.54, 1.807) is 43.3 Å². The number of benzene rings is 2. The summed E-state index contributed by atoms with van der Waals surface area (Å²) in [5, 5.41) is 0.596. The number of aryl methyl sites for hydroxylation is 1. The molecule has 0 bridgehead atoms. The number of sulfonamides is 1. The van der Waals surface area contributed by atoms with Crippen molar-refractivity contribution in [3.63, 3.8) is 0 Å². The number of nitrogens with two attached hydrogens (primary N) is 1. The van der Waals surface area contributed by atoms with Crippen molar-refractivity contribution in [3.8, 4) is 0 Å². The Bertz CT molecular complexity index is 1430. The Morgan fingerprint density at radius 2 is 1.88 bits per heavy atom. The van der Waals surface area contributed by atoms with E-state index in [1.807, 2.05) is 6.07 Å². The van der Waals surface area contributed by atoms with Crippen molar-refractivity contribution in [3.05, 3.63) is 76.2 Å². The summed E-state index contributed by atoms with van der Waals surface area (Å²) in [6.45, 7) is 1.91. The highest BCUT2D eigenvalue weighted by molar-refractivity contribution is 7.89. The van der Waals surface area contributed by atoms with Gasteiger partial charge in [0.25, 0.3) is 5.56 Å². The largest absolute Gasteiger partial charge is 0.440 e. The van der Waals surface area contributed by atoms with Gasteiger partial charge in [0, 0.05) is 29.6 Å². The lowest BCUT2D eigenvalue weighted by atomic mass is 10.1. The highest BCUT2D eigenvalue weighted by atomic mass is 32.2. The van der Waals surface area contributed by atoms with E-state index in [2.05, 4.69) is 0 Å². The van der Waals surface area contributed by atoms with Crippen LogP contribution >= 0.6 is 0 Å². The van der Waals surface area contributed by atoms with Gasteiger partial charge in [-0.2, -0.15) is 4.31 Å². The van der Waals surface area contributed by atoms with E-state index >= 15 is 0 Å². The van der Waals surface area contributed by atoms with Crippen LogP contribution in [0.25, 0.3) is 10.8 Å². The molecule has 172 valence electrons. The lowest BCUT2D eigenvalue weighted by molar-refractivity contribution is 0.0366. The summed E-state index contributed by atoms with van der Waals surface area (Å²) in [4.78, 5) is 25.6. The second-order valence-corrected chi connectivity index (χ2v) is 10.6. The van der Waals surface area contributed by atoms with Crippen LogP contribution in [0.2, 0.25) is 0 Å². The molecule has 1 aliphatic carbocycles. The molecule has 1 spiro atoms. The Balaban J connectivity index is 1.46. The number of ether oxygens (including phenoxy) is 1. The van der Waals surface area contributed by atoms with Gasteiger partial charge in [-0.05, 0) is 56.0 Å². The van der Waals surface area contributed by atoms with Crippen LogP contribution in [0.3, 0.4) is 0 Å². The van der Waals surface area contributed by atoms with Gasteiger partial charge in [-0.1, -0.05) is 24.3 Å². The Kier molecular flexibility index (Phi) is 5.15. The molecule has 1 aliphatic heterocycles. The van der Waals surface area contributed by atoms with Crippen molar-refractivity contribution in [2.75, 3.05) is 6.54 Å². The SMILES string of the molecule is Cc1ccccc1C(=O)OCn1ccc2c(S(=O)(=O)N3CC[C@@H](N)C34CC4)cccc2c1=O. The van der Waals surface area contributed by atoms with Gasteiger partial charge in [0.1, 0.15) is 0 Å². The van der Waals surface area contributed by atoms with Crippen LogP contribution in [-0.4, -0.2) is 41.4 Å². The molecule has 1 aromatic heterocycles. The predicted molar refractivity (Wildman–Crippen MR) is 123 cm³/mol. The predicted octanol–water partition coefficient (Wildman–Crippen LogP) is 2.38. The fourth-order valence-electron chi connectivity index (χ4n) is 4.78. The van der Waals surface area contributed by atoms with Crippen LogP contribution in [0, 0.1) is 6.92 Å². The molecule has 5 rings (SSSR count). The fraction of sp³-hybridized carbons (Fsp3) is 0.333. The zero-order chi connectivity index (χ0) is 23.4. The standard InChI is InChI=1S/C24H25N3O5S/c1-16-5-2-3-6-17(16)23(29)32-15-26-13-9-18-19(22(26)28)7-4-8-20(18)33(30,31)27-14-10-21(25)24(27)11-12-24/h2-9,13,21H,10-12,14-15,25H2,1H3/t21-/m1/s1. The van der Waals surface area contributed by atoms with Crippen molar-refractivity contribution >= 4 is 26.8 Å². The van der Waals surface area contributed by atoms with Crippen molar-refractivity contribution in [2.24, 2.45) is 5.73 Å². The van der Waals surface area contributed by atoms with Crippen molar-refractivity contribution in [1.82, 2.24) is 8.87 Å². The number of pyridine rings is 1. The lowest BCUT2D eigenvalue weighted by Crippen LogP contribution is -2.44. The first-order valence-electron chi connectivity index (χ1n) is 10.9. The summed E-state index contributed by atoms with van der Waals surface area (Å²) in [5.41, 5.74) is 6.49. The van der Waals surface area contributed by atoms with Crippen LogP contribution in [0.4, 0.5) is 0 Å². The highest BCUT2D eigenvalue weighted by Crippen LogP contribution is 2.51. The number of rotatable bonds is 5. The maximum absolute atomic E-state index is 13.5. The minimum Gasteiger partial charge on any atom is -0.440 e. The molecular formula is C24H25N3O5S. The van der Waals surface area contributed by atoms with Gasteiger partial charge in [-0.3, -0.25) is 9.36 Å². The molecule has 1 atom stereocenters. The first-order valence-corrected chi connectivity index (χ1v) is 12.3. The molecule has 2 heterocycles. The molecule has 2 fully saturated rings. The van der Waals surface area contributed by atoms with Crippen molar-refractivity contribution in [2.45, 2.75) is 49.4 Å². The molecule has 0 radical (unpaired) electrons. The Morgan fingerprint density at radius 1 is 1.12 bits per heavy atom. The van der Waals surface area contributed by atoms with Crippen LogP contribution < -0.4 is 11.3 Å². The number of hydrogen-bond acceptors (Lipinski definition) is 6. The topological polar surface area (TPSA) is 112 Å². The zero-order valence-electron chi connectivity index (χ0n) is 18.2. The highest BCUT2D eigenvalue weighted by Gasteiger charge is 2.60. The van der Waals surface area contributed by atoms with Crippen LogP contribution in [0.1, 0.15) is 35.2 Å². The molecule has 0 unspecified atom stereocenters. The third kappa shape index (κ3) is 3.47. The molecule has 1 saturated heterocycles. The minimum atomic E-state index is -3.82. The average Bonchev–Trinajstić information content (AvgIpc) is 3.52. The summed E-state index contributed by atoms with van der Waals surface area (Å²) in [7, 11) is -3.82. The lowest BCUT2D eigenvalue weighted by Gasteiger charge is -2.26. The number of fused-ring (bicyclic) bond motifs is 1. The van der Waals surface area contributed by atoms with E-state index in [0.717, 1.165) is 18.4 Å². The zero-order valence-corrected chi connectivity index (χ0v) is 19.0. The number of aromatic nitrogens is 1. The van der Waals surface area contributed by atoms with Crippen molar-refractivity contribution < 1.29 is 17.9 Å². The molecular weight excluding hydrogens is 442 g/mol. The fourth-order valence-corrected chi connectivity index (χ4v) is 6.87. The number of esters is 1. The Hall–Kier alpha value is -3.01. The van der Waals surface area contributed by atoms with E-state index in [4.69, 9.17) is 10.5 Å². The molecule has 1 saturated carbocycles. The van der Waals surface area contributed by atoms with Gasteiger partial charge in [0.15, 0.2) is 6.73 Å². The van der Waals surface area contributed by atoms with Gasteiger partial charge in [0.2, 0.25) is 10.0 Å². The third-order valence-corrected chi connectivity index (χ3v) is 8.88. The first kappa shape index (κ1) is 21.8. The van der Waals surface area contributed by atoms with Gasteiger partial charge in [-0.25, -0.2) is 13.2 Å². The van der Waals surface area contributed by atoms with Gasteiger partial charge in [-0.15, -0.1) is 0 Å². The molecule has 2 aliphatic rings. The quantitative estimate of drug-likeness (QED) is 0.577. The number of carbonyl (C=O) groups is 1. The van der Waals surface area contributed by atoms with E-state index < -0.39 is 27.1 Å². The van der Waals surface area contributed by atoms with E-state index in [-0.39, 0.29) is 23.1 Å². The summed E-state index contributed by atoms with van der Waals surface area (Å²) in [6, 6.07) is 13.1. The number of nitrogens with zero attached hydrogens (tertiary/aromatic N) is 2. The molecule has 0 amide bonds. The molecule has 9 heteroatoms. The molecule has 2 N–H and O–H groups in total. The smallest absolute Gasteiger partial charge is 0.340 e. The number of hydrogen-bond donors (Lipinski definition) is 1. The molecule has 3 aromatic rings. The van der Waals surface area contributed by atoms with Crippen LogP contribution in [0.5, 0.6) is 0 Å². The van der Waals surface area contributed by atoms with E-state index in [9.17, 15) is 18.0 Å². The molecule has 2 aromatic carbocycles. The maximum Gasteiger partial charge on any atom is 0.340 e. The van der Waals surface area contributed by atoms with E-state index in [0.29, 0.717) is 23.9 Å². The van der Waals surface area contributed by atoms with Gasteiger partial charge >= 0.3 is 5.97 Å². The molecule has 8 nitrogen and oxygen atoms in total. The second-order valence-electron chi connectivity index (χ2n) is 8.76. The van der Waals surface area contributed by atoms with Crippen LogP contribution in [0.15, 0.2) is 64.4 Å². The third-order valence-electron chi connectivity index (χ3n) is 6.84. The summed E-state index contributed by atoms with van der Waals surface area (Å²) in [6.07, 6.45) is 3.61. The minimum absolute atomic E-state index is 0.0986. The maximum atomic E-state index is 13.5. The van der Waals surface area contributed by atoms with Crippen LogP contribution in [-0.2, 0) is 21.5 Å². The average molecular weight is 468 g/mol. The van der Waals surface area contributed by atoms with Gasteiger partial charge < -0.3 is 10.5 Å². The number of carbonyl (C=O) groups excluding carboxylic acids is 1. The summed E-state index contributed by atoms with van der Waals surface area (Å²) in [5.74, 6) is -0.531. The molecule has 33 heavy (non-hydrogen) atoms. The van der Waals surface area contributed by atoms with Gasteiger partial charge in [0.05, 0.1) is 16.0 Å².